The van der Waals surface area contributed by atoms with Crippen LogP contribution in [0.25, 0.3) is 111 Å². The van der Waals surface area contributed by atoms with Gasteiger partial charge in [-0.15, -0.1) is 0 Å². The van der Waals surface area contributed by atoms with Gasteiger partial charge in [0.15, 0.2) is 17.5 Å². The van der Waals surface area contributed by atoms with E-state index < -0.39 is 0 Å². The zero-order valence-electron chi connectivity index (χ0n) is 27.7. The number of aromatic nitrogens is 3. The summed E-state index contributed by atoms with van der Waals surface area (Å²) in [7, 11) is 0. The van der Waals surface area contributed by atoms with Gasteiger partial charge in [-0.05, 0) is 69.1 Å². The molecule has 52 heavy (non-hydrogen) atoms. The third kappa shape index (κ3) is 4.39. The zero-order chi connectivity index (χ0) is 34.2. The van der Waals surface area contributed by atoms with Crippen molar-refractivity contribution in [1.82, 2.24) is 15.0 Å². The minimum absolute atomic E-state index is 0.594. The Balaban J connectivity index is 1.15. The minimum atomic E-state index is 0.594. The number of nitrogens with zero attached hydrogens (tertiary/aromatic N) is 3. The van der Waals surface area contributed by atoms with Gasteiger partial charge in [0.25, 0.3) is 0 Å². The Morgan fingerprint density at radius 3 is 1.63 bits per heavy atom. The summed E-state index contributed by atoms with van der Waals surface area (Å²) in [6.45, 7) is 0. The maximum atomic E-state index is 6.46. The fourth-order valence-electron chi connectivity index (χ4n) is 7.76. The van der Waals surface area contributed by atoms with Gasteiger partial charge < -0.3 is 8.83 Å². The highest BCUT2D eigenvalue weighted by Gasteiger charge is 2.20. The highest BCUT2D eigenvalue weighted by atomic mass is 16.3. The lowest BCUT2D eigenvalue weighted by Crippen LogP contribution is -2.01. The van der Waals surface area contributed by atoms with E-state index in [0.29, 0.717) is 17.5 Å². The van der Waals surface area contributed by atoms with E-state index in [4.69, 9.17) is 23.8 Å². The fourth-order valence-corrected chi connectivity index (χ4v) is 7.76. The van der Waals surface area contributed by atoms with Gasteiger partial charge in [-0.25, -0.2) is 15.0 Å². The molecule has 3 heterocycles. The van der Waals surface area contributed by atoms with E-state index in [9.17, 15) is 0 Å². The second-order valence-corrected chi connectivity index (χ2v) is 13.1. The SMILES string of the molecule is c1ccc(-c2nc(-c3ccc(-c4cccc5oc6cc7ccccc7cc6c45)c4ccccc34)nc(-c3cccc4oc5ccccc5c34)n2)cc1. The van der Waals surface area contributed by atoms with E-state index in [1.807, 2.05) is 60.7 Å². The van der Waals surface area contributed by atoms with Gasteiger partial charge in [0.1, 0.15) is 22.3 Å². The van der Waals surface area contributed by atoms with E-state index in [1.165, 1.54) is 5.39 Å². The second-order valence-electron chi connectivity index (χ2n) is 13.1. The van der Waals surface area contributed by atoms with Crippen molar-refractivity contribution in [3.8, 4) is 45.3 Å². The number of para-hydroxylation sites is 1. The van der Waals surface area contributed by atoms with Gasteiger partial charge in [0.05, 0.1) is 0 Å². The molecule has 11 rings (SSSR count). The first-order valence-electron chi connectivity index (χ1n) is 17.4. The molecule has 0 unspecified atom stereocenters. The molecular formula is C47H27N3O2. The lowest BCUT2D eigenvalue weighted by Gasteiger charge is -2.14. The zero-order valence-corrected chi connectivity index (χ0v) is 27.7. The summed E-state index contributed by atoms with van der Waals surface area (Å²) in [5, 5.41) is 8.74. The van der Waals surface area contributed by atoms with Crippen LogP contribution in [0.1, 0.15) is 0 Å². The molecule has 11 aromatic rings. The fraction of sp³-hybridized carbons (Fsp3) is 0. The third-order valence-electron chi connectivity index (χ3n) is 10.1. The van der Waals surface area contributed by atoms with Crippen LogP contribution in [-0.2, 0) is 0 Å². The van der Waals surface area contributed by atoms with Crippen molar-refractivity contribution >= 4 is 65.4 Å². The summed E-state index contributed by atoms with van der Waals surface area (Å²) in [5.41, 5.74) is 8.36. The van der Waals surface area contributed by atoms with Crippen LogP contribution in [0.15, 0.2) is 173 Å². The molecule has 0 atom stereocenters. The molecule has 0 spiro atoms. The van der Waals surface area contributed by atoms with Crippen molar-refractivity contribution in [3.63, 3.8) is 0 Å². The van der Waals surface area contributed by atoms with Crippen LogP contribution in [0.4, 0.5) is 0 Å². The van der Waals surface area contributed by atoms with Gasteiger partial charge in [0.2, 0.25) is 0 Å². The van der Waals surface area contributed by atoms with Crippen LogP contribution in [0.2, 0.25) is 0 Å². The summed E-state index contributed by atoms with van der Waals surface area (Å²) in [6, 6.07) is 56.3. The van der Waals surface area contributed by atoms with Gasteiger partial charge >= 0.3 is 0 Å². The Kier molecular flexibility index (Phi) is 6.18. The molecule has 242 valence electrons. The normalized spacial score (nSPS) is 11.8. The predicted octanol–water partition coefficient (Wildman–Crippen LogP) is 12.6. The van der Waals surface area contributed by atoms with Crippen molar-refractivity contribution in [2.45, 2.75) is 0 Å². The van der Waals surface area contributed by atoms with Crippen LogP contribution in [-0.4, -0.2) is 15.0 Å². The quantitative estimate of drug-likeness (QED) is 0.187. The van der Waals surface area contributed by atoms with Crippen LogP contribution < -0.4 is 0 Å². The Morgan fingerprint density at radius 1 is 0.308 bits per heavy atom. The number of benzene rings is 8. The van der Waals surface area contributed by atoms with Crippen molar-refractivity contribution < 1.29 is 8.83 Å². The first kappa shape index (κ1) is 28.7. The maximum absolute atomic E-state index is 6.46. The monoisotopic (exact) mass is 665 g/mol. The summed E-state index contributed by atoms with van der Waals surface area (Å²) >= 11 is 0. The van der Waals surface area contributed by atoms with Gasteiger partial charge in [0, 0.05) is 38.2 Å². The van der Waals surface area contributed by atoms with Crippen LogP contribution in [0.3, 0.4) is 0 Å². The summed E-state index contributed by atoms with van der Waals surface area (Å²) in [6.07, 6.45) is 0. The minimum Gasteiger partial charge on any atom is -0.456 e. The maximum Gasteiger partial charge on any atom is 0.164 e. The van der Waals surface area contributed by atoms with E-state index in [1.54, 1.807) is 0 Å². The molecule has 5 heteroatoms. The molecule has 8 aromatic carbocycles. The van der Waals surface area contributed by atoms with E-state index in [2.05, 4.69) is 103 Å². The van der Waals surface area contributed by atoms with E-state index in [0.717, 1.165) is 87.9 Å². The van der Waals surface area contributed by atoms with Crippen LogP contribution in [0, 0.1) is 0 Å². The molecule has 0 fully saturated rings. The number of furan rings is 2. The van der Waals surface area contributed by atoms with Crippen molar-refractivity contribution in [2.24, 2.45) is 0 Å². The van der Waals surface area contributed by atoms with Crippen LogP contribution >= 0.6 is 0 Å². The van der Waals surface area contributed by atoms with Crippen molar-refractivity contribution in [3.05, 3.63) is 164 Å². The number of hydrogen-bond donors (Lipinski definition) is 0. The molecule has 0 aliphatic carbocycles. The highest BCUT2D eigenvalue weighted by Crippen LogP contribution is 2.43. The summed E-state index contributed by atoms with van der Waals surface area (Å²) in [5.74, 6) is 1.81. The molecule has 0 aliphatic heterocycles. The van der Waals surface area contributed by atoms with Crippen molar-refractivity contribution in [2.75, 3.05) is 0 Å². The molecule has 0 N–H and O–H groups in total. The standard InChI is InChI=1S/C47H27N3O2/c1-2-12-28(13-3-1)45-48-46(50-47(49-45)37-20-11-23-41-44(37)36-18-8-9-21-39(36)51-41)35-25-24-33(31-16-6-7-17-32(31)35)34-19-10-22-40-43(34)38-26-29-14-4-5-15-30(29)27-42(38)52-40/h1-27H. The smallest absolute Gasteiger partial charge is 0.164 e. The highest BCUT2D eigenvalue weighted by molar-refractivity contribution is 6.18. The molecule has 0 saturated heterocycles. The molecule has 0 radical (unpaired) electrons. The summed E-state index contributed by atoms with van der Waals surface area (Å²) < 4.78 is 12.7. The number of rotatable bonds is 4. The second kappa shape index (κ2) is 11.2. The molecule has 3 aromatic heterocycles. The molecular weight excluding hydrogens is 639 g/mol. The molecule has 0 bridgehead atoms. The molecule has 0 amide bonds. The van der Waals surface area contributed by atoms with Gasteiger partial charge in [-0.3, -0.25) is 0 Å². The average molecular weight is 666 g/mol. The first-order chi connectivity index (χ1) is 25.8. The Bertz CT molecular complexity index is 3190. The first-order valence-corrected chi connectivity index (χ1v) is 17.4. The van der Waals surface area contributed by atoms with E-state index in [-0.39, 0.29) is 0 Å². The lowest BCUT2D eigenvalue weighted by atomic mass is 9.92. The topological polar surface area (TPSA) is 65.0 Å². The number of fused-ring (bicyclic) bond motifs is 8. The van der Waals surface area contributed by atoms with Gasteiger partial charge in [-0.2, -0.15) is 0 Å². The largest absolute Gasteiger partial charge is 0.456 e. The van der Waals surface area contributed by atoms with Crippen molar-refractivity contribution in [1.29, 1.82) is 0 Å². The molecule has 0 saturated carbocycles. The molecule has 5 nitrogen and oxygen atoms in total. The molecule has 0 aliphatic rings. The lowest BCUT2D eigenvalue weighted by molar-refractivity contribution is 0.669. The third-order valence-corrected chi connectivity index (χ3v) is 10.1. The average Bonchev–Trinajstić information content (AvgIpc) is 3.78. The Morgan fingerprint density at radius 2 is 0.846 bits per heavy atom. The Hall–Kier alpha value is -7.11. The van der Waals surface area contributed by atoms with E-state index >= 15 is 0 Å². The summed E-state index contributed by atoms with van der Waals surface area (Å²) in [4.78, 5) is 15.4. The number of hydrogen-bond acceptors (Lipinski definition) is 5. The van der Waals surface area contributed by atoms with Gasteiger partial charge in [-0.1, -0.05) is 127 Å². The Labute approximate surface area is 297 Å². The predicted molar refractivity (Wildman–Crippen MR) is 211 cm³/mol. The van der Waals surface area contributed by atoms with Crippen LogP contribution in [0.5, 0.6) is 0 Å².